The van der Waals surface area contributed by atoms with E-state index in [0.29, 0.717) is 22.8 Å². The smallest absolute Gasteiger partial charge is 0.250 e. The van der Waals surface area contributed by atoms with Crippen molar-refractivity contribution in [1.29, 1.82) is 0 Å². The van der Waals surface area contributed by atoms with Crippen LogP contribution in [0.15, 0.2) is 12.1 Å². The molecule has 2 heterocycles. The van der Waals surface area contributed by atoms with Crippen LogP contribution in [-0.2, 0) is 0 Å². The van der Waals surface area contributed by atoms with Gasteiger partial charge in [-0.3, -0.25) is 9.78 Å². The van der Waals surface area contributed by atoms with Gasteiger partial charge in [-0.15, -0.1) is 12.4 Å². The third kappa shape index (κ3) is 1.96. The maximum Gasteiger partial charge on any atom is 0.250 e. The number of amides is 1. The maximum atomic E-state index is 11.4. The molecular weight excluding hydrogens is 268 g/mol. The molecule has 0 saturated heterocycles. The Morgan fingerprint density at radius 1 is 1.26 bits per heavy atom. The maximum absolute atomic E-state index is 11.4. The fraction of sp³-hybridized carbons (Fsp3) is 0.231. The Balaban J connectivity index is 0.00000133. The van der Waals surface area contributed by atoms with E-state index in [9.17, 15) is 4.79 Å². The molecule has 0 radical (unpaired) electrons. The zero-order chi connectivity index (χ0) is 12.9. The van der Waals surface area contributed by atoms with Gasteiger partial charge >= 0.3 is 0 Å². The highest BCUT2D eigenvalue weighted by molar-refractivity contribution is 6.01. The van der Waals surface area contributed by atoms with Crippen molar-refractivity contribution in [1.82, 2.24) is 4.98 Å². The Morgan fingerprint density at radius 2 is 1.89 bits per heavy atom. The normalized spacial score (nSPS) is 12.3. The van der Waals surface area contributed by atoms with Crippen molar-refractivity contribution >= 4 is 29.2 Å². The second-order valence-electron chi connectivity index (χ2n) is 4.28. The molecule has 3 rings (SSSR count). The third-order valence-corrected chi connectivity index (χ3v) is 3.17. The quantitative estimate of drug-likeness (QED) is 0.868. The minimum Gasteiger partial charge on any atom is -0.454 e. The van der Waals surface area contributed by atoms with Crippen LogP contribution in [-0.4, -0.2) is 17.7 Å². The SMILES string of the molecule is Cc1nc2cc3c(cc2c(C)c1C(N)=O)OCO3.Cl. The van der Waals surface area contributed by atoms with E-state index in [1.54, 1.807) is 6.92 Å². The number of hydrogen-bond donors (Lipinski definition) is 1. The van der Waals surface area contributed by atoms with Crippen molar-refractivity contribution in [3.05, 3.63) is 29.0 Å². The van der Waals surface area contributed by atoms with Gasteiger partial charge in [0.15, 0.2) is 11.5 Å². The Morgan fingerprint density at radius 3 is 2.53 bits per heavy atom. The number of halogens is 1. The van der Waals surface area contributed by atoms with Crippen LogP contribution in [0, 0.1) is 13.8 Å². The average Bonchev–Trinajstić information content (AvgIpc) is 2.73. The largest absolute Gasteiger partial charge is 0.454 e. The molecule has 0 atom stereocenters. The summed E-state index contributed by atoms with van der Waals surface area (Å²) < 4.78 is 10.6. The molecule has 1 amide bonds. The topological polar surface area (TPSA) is 74.4 Å². The van der Waals surface area contributed by atoms with Gasteiger partial charge in [-0.1, -0.05) is 0 Å². The zero-order valence-corrected chi connectivity index (χ0v) is 11.3. The number of nitrogens with zero attached hydrogens (tertiary/aromatic N) is 1. The van der Waals surface area contributed by atoms with Gasteiger partial charge in [-0.2, -0.15) is 0 Å². The van der Waals surface area contributed by atoms with Crippen LogP contribution in [0.5, 0.6) is 11.5 Å². The molecule has 0 saturated carbocycles. The van der Waals surface area contributed by atoms with Crippen LogP contribution < -0.4 is 15.2 Å². The minimum absolute atomic E-state index is 0. The molecule has 5 nitrogen and oxygen atoms in total. The monoisotopic (exact) mass is 280 g/mol. The standard InChI is InChI=1S/C13H12N2O3.ClH/c1-6-8-3-10-11(18-5-17-10)4-9(8)15-7(2)12(6)13(14)16;/h3-4H,5H2,1-2H3,(H2,14,16);1H. The van der Waals surface area contributed by atoms with Gasteiger partial charge in [-0.25, -0.2) is 0 Å². The zero-order valence-electron chi connectivity index (χ0n) is 10.5. The highest BCUT2D eigenvalue weighted by atomic mass is 35.5. The highest BCUT2D eigenvalue weighted by Crippen LogP contribution is 2.37. The Hall–Kier alpha value is -2.01. The summed E-state index contributed by atoms with van der Waals surface area (Å²) in [6.45, 7) is 3.85. The van der Waals surface area contributed by atoms with E-state index >= 15 is 0 Å². The van der Waals surface area contributed by atoms with Crippen molar-refractivity contribution < 1.29 is 14.3 Å². The molecule has 0 bridgehead atoms. The lowest BCUT2D eigenvalue weighted by atomic mass is 10.0. The first kappa shape index (κ1) is 13.4. The number of hydrogen-bond acceptors (Lipinski definition) is 4. The number of carbonyl (C=O) groups is 1. The molecular formula is C13H13ClN2O3. The summed E-state index contributed by atoms with van der Waals surface area (Å²) in [5.41, 5.74) is 8.09. The third-order valence-electron chi connectivity index (χ3n) is 3.17. The lowest BCUT2D eigenvalue weighted by Gasteiger charge is -2.10. The van der Waals surface area contributed by atoms with E-state index in [4.69, 9.17) is 15.2 Å². The minimum atomic E-state index is -0.461. The predicted octanol–water partition coefficient (Wildman–Crippen LogP) is 2.10. The van der Waals surface area contributed by atoms with Crippen LogP contribution >= 0.6 is 12.4 Å². The number of aryl methyl sites for hydroxylation is 2. The van der Waals surface area contributed by atoms with Gasteiger partial charge in [-0.05, 0) is 25.5 Å². The molecule has 2 aromatic rings. The Kier molecular flexibility index (Phi) is 3.24. The van der Waals surface area contributed by atoms with Gasteiger partial charge in [0.2, 0.25) is 6.79 Å². The average molecular weight is 281 g/mol. The summed E-state index contributed by atoms with van der Waals surface area (Å²) in [6, 6.07) is 3.66. The van der Waals surface area contributed by atoms with Crippen LogP contribution in [0.1, 0.15) is 21.6 Å². The van der Waals surface area contributed by atoms with Crippen LogP contribution in [0.4, 0.5) is 0 Å². The van der Waals surface area contributed by atoms with Gasteiger partial charge < -0.3 is 15.2 Å². The molecule has 0 unspecified atom stereocenters. The molecule has 2 N–H and O–H groups in total. The van der Waals surface area contributed by atoms with Crippen LogP contribution in [0.3, 0.4) is 0 Å². The number of ether oxygens (including phenoxy) is 2. The first-order valence-electron chi connectivity index (χ1n) is 5.58. The summed E-state index contributed by atoms with van der Waals surface area (Å²) >= 11 is 0. The molecule has 0 aliphatic carbocycles. The molecule has 1 aromatic heterocycles. The molecule has 19 heavy (non-hydrogen) atoms. The van der Waals surface area contributed by atoms with E-state index in [1.165, 1.54) is 0 Å². The lowest BCUT2D eigenvalue weighted by Crippen LogP contribution is -2.15. The summed E-state index contributed by atoms with van der Waals surface area (Å²) in [6.07, 6.45) is 0. The Bertz CT molecular complexity index is 685. The molecule has 0 spiro atoms. The van der Waals surface area contributed by atoms with Crippen LogP contribution in [0.25, 0.3) is 10.9 Å². The van der Waals surface area contributed by atoms with E-state index in [0.717, 1.165) is 16.5 Å². The number of rotatable bonds is 1. The highest BCUT2D eigenvalue weighted by Gasteiger charge is 2.19. The molecule has 1 aliphatic heterocycles. The number of carbonyl (C=O) groups excluding carboxylic acids is 1. The van der Waals surface area contributed by atoms with Crippen molar-refractivity contribution in [2.75, 3.05) is 6.79 Å². The van der Waals surface area contributed by atoms with Gasteiger partial charge in [0, 0.05) is 11.5 Å². The van der Waals surface area contributed by atoms with Gasteiger partial charge in [0.1, 0.15) is 0 Å². The number of aromatic nitrogens is 1. The predicted molar refractivity (Wildman–Crippen MR) is 73.1 cm³/mol. The summed E-state index contributed by atoms with van der Waals surface area (Å²) in [7, 11) is 0. The fourth-order valence-corrected chi connectivity index (χ4v) is 2.33. The number of primary amides is 1. The molecule has 1 aliphatic rings. The van der Waals surface area contributed by atoms with Crippen molar-refractivity contribution in [2.45, 2.75) is 13.8 Å². The van der Waals surface area contributed by atoms with Crippen molar-refractivity contribution in [3.63, 3.8) is 0 Å². The summed E-state index contributed by atoms with van der Waals surface area (Å²) in [5, 5.41) is 0.860. The number of fused-ring (bicyclic) bond motifs is 2. The van der Waals surface area contributed by atoms with E-state index in [1.807, 2.05) is 19.1 Å². The molecule has 100 valence electrons. The lowest BCUT2D eigenvalue weighted by molar-refractivity contribution is 0.0999. The fourth-order valence-electron chi connectivity index (χ4n) is 2.33. The number of benzene rings is 1. The molecule has 6 heteroatoms. The molecule has 0 fully saturated rings. The van der Waals surface area contributed by atoms with E-state index in [-0.39, 0.29) is 19.2 Å². The van der Waals surface area contributed by atoms with E-state index in [2.05, 4.69) is 4.98 Å². The first-order valence-corrected chi connectivity index (χ1v) is 5.58. The van der Waals surface area contributed by atoms with Gasteiger partial charge in [0.25, 0.3) is 5.91 Å². The number of pyridine rings is 1. The number of nitrogens with two attached hydrogens (primary N) is 1. The summed E-state index contributed by atoms with van der Waals surface area (Å²) in [5.74, 6) is 0.893. The second kappa shape index (κ2) is 4.59. The van der Waals surface area contributed by atoms with Crippen LogP contribution in [0.2, 0.25) is 0 Å². The van der Waals surface area contributed by atoms with Crippen molar-refractivity contribution in [3.8, 4) is 11.5 Å². The molecule has 1 aromatic carbocycles. The van der Waals surface area contributed by atoms with Crippen molar-refractivity contribution in [2.24, 2.45) is 5.73 Å². The van der Waals surface area contributed by atoms with Gasteiger partial charge in [0.05, 0.1) is 16.8 Å². The Labute approximate surface area is 116 Å². The van der Waals surface area contributed by atoms with E-state index < -0.39 is 5.91 Å². The first-order chi connectivity index (χ1) is 8.58. The second-order valence-corrected chi connectivity index (χ2v) is 4.28. The summed E-state index contributed by atoms with van der Waals surface area (Å²) in [4.78, 5) is 15.8.